The minimum absolute atomic E-state index is 0.0844. The third-order valence-corrected chi connectivity index (χ3v) is 5.96. The fourth-order valence-electron chi connectivity index (χ4n) is 3.24. The molecule has 0 aromatic carbocycles. The molecule has 1 heterocycles. The quantitative estimate of drug-likeness (QED) is 0.773. The molecule has 0 radical (unpaired) electrons. The number of hydrogen-bond acceptors (Lipinski definition) is 5. The lowest BCUT2D eigenvalue weighted by molar-refractivity contribution is -0.118. The average Bonchev–Trinajstić information content (AvgIpc) is 3.33. The first-order valence-corrected chi connectivity index (χ1v) is 9.34. The number of aromatic nitrogens is 3. The summed E-state index contributed by atoms with van der Waals surface area (Å²) in [5, 5.41) is 18.9. The van der Waals surface area contributed by atoms with E-state index in [1.165, 1.54) is 31.0 Å². The molecule has 1 aromatic heterocycles. The third kappa shape index (κ3) is 4.05. The SMILES string of the molecule is N#CC(Sc1nnc(C2CC2)n1CCC(N)=O)C1CCCCC1. The van der Waals surface area contributed by atoms with Crippen molar-refractivity contribution in [2.45, 2.75) is 74.2 Å². The highest BCUT2D eigenvalue weighted by Gasteiger charge is 2.32. The maximum absolute atomic E-state index is 11.1. The molecule has 2 aliphatic carbocycles. The second kappa shape index (κ2) is 7.35. The molecule has 1 unspecified atom stereocenters. The van der Waals surface area contributed by atoms with Crippen LogP contribution in [0.2, 0.25) is 0 Å². The van der Waals surface area contributed by atoms with Gasteiger partial charge in [0.1, 0.15) is 11.1 Å². The van der Waals surface area contributed by atoms with Crippen LogP contribution in [-0.4, -0.2) is 25.9 Å². The first-order valence-electron chi connectivity index (χ1n) is 8.46. The van der Waals surface area contributed by atoms with E-state index in [1.54, 1.807) is 0 Å². The summed E-state index contributed by atoms with van der Waals surface area (Å²) in [4.78, 5) is 11.1. The highest BCUT2D eigenvalue weighted by atomic mass is 32.2. The first kappa shape index (κ1) is 16.3. The number of hydrogen-bond donors (Lipinski definition) is 1. The molecule has 1 aromatic rings. The summed E-state index contributed by atoms with van der Waals surface area (Å²) in [6.45, 7) is 0.513. The molecule has 0 aliphatic heterocycles. The zero-order valence-corrected chi connectivity index (χ0v) is 14.1. The Morgan fingerprint density at radius 2 is 2.04 bits per heavy atom. The predicted molar refractivity (Wildman–Crippen MR) is 87.6 cm³/mol. The van der Waals surface area contributed by atoms with Crippen molar-refractivity contribution >= 4 is 17.7 Å². The van der Waals surface area contributed by atoms with Gasteiger partial charge in [0.25, 0.3) is 0 Å². The Morgan fingerprint density at radius 3 is 2.65 bits per heavy atom. The van der Waals surface area contributed by atoms with E-state index in [4.69, 9.17) is 5.73 Å². The van der Waals surface area contributed by atoms with Crippen LogP contribution in [0, 0.1) is 17.2 Å². The van der Waals surface area contributed by atoms with Crippen LogP contribution in [0.1, 0.15) is 63.1 Å². The Hall–Kier alpha value is -1.55. The van der Waals surface area contributed by atoms with Crippen molar-refractivity contribution in [2.75, 3.05) is 0 Å². The van der Waals surface area contributed by atoms with E-state index in [9.17, 15) is 10.1 Å². The van der Waals surface area contributed by atoms with Crippen LogP contribution < -0.4 is 5.73 Å². The molecule has 124 valence electrons. The number of nitrogens with two attached hydrogens (primary N) is 1. The Balaban J connectivity index is 1.75. The lowest BCUT2D eigenvalue weighted by Gasteiger charge is -2.25. The highest BCUT2D eigenvalue weighted by molar-refractivity contribution is 8.00. The van der Waals surface area contributed by atoms with Gasteiger partial charge in [0.2, 0.25) is 5.91 Å². The summed E-state index contributed by atoms with van der Waals surface area (Å²) in [5.41, 5.74) is 5.29. The van der Waals surface area contributed by atoms with Gasteiger partial charge in [0.15, 0.2) is 5.16 Å². The molecular weight excluding hydrogens is 310 g/mol. The second-order valence-corrected chi connectivity index (χ2v) is 7.66. The normalized spacial score (nSPS) is 20.1. The lowest BCUT2D eigenvalue weighted by atomic mass is 9.87. The van der Waals surface area contributed by atoms with Crippen LogP contribution in [0.25, 0.3) is 0 Å². The van der Waals surface area contributed by atoms with Crippen LogP contribution in [0.15, 0.2) is 5.16 Å². The predicted octanol–water partition coefficient (Wildman–Crippen LogP) is 2.60. The number of carbonyl (C=O) groups excluding carboxylic acids is 1. The van der Waals surface area contributed by atoms with E-state index < -0.39 is 0 Å². The molecule has 0 bridgehead atoms. The van der Waals surface area contributed by atoms with Gasteiger partial charge in [0.05, 0.1) is 6.07 Å². The van der Waals surface area contributed by atoms with Gasteiger partial charge in [-0.25, -0.2) is 0 Å². The standard InChI is InChI=1S/C16H23N5OS/c17-10-13(11-4-2-1-3-5-11)23-16-20-19-15(12-6-7-12)21(16)9-8-14(18)22/h11-13H,1-9H2,(H2,18,22). The summed E-state index contributed by atoms with van der Waals surface area (Å²) in [6, 6.07) is 2.46. The molecule has 0 saturated heterocycles. The Labute approximate surface area is 140 Å². The van der Waals surface area contributed by atoms with Gasteiger partial charge in [-0.3, -0.25) is 4.79 Å². The molecule has 2 fully saturated rings. The number of nitrogens with zero attached hydrogens (tertiary/aromatic N) is 4. The van der Waals surface area contributed by atoms with Crippen LogP contribution in [0.5, 0.6) is 0 Å². The van der Waals surface area contributed by atoms with Gasteiger partial charge < -0.3 is 10.3 Å². The summed E-state index contributed by atoms with van der Waals surface area (Å²) in [7, 11) is 0. The van der Waals surface area contributed by atoms with E-state index in [0.29, 0.717) is 18.4 Å². The van der Waals surface area contributed by atoms with Crippen molar-refractivity contribution in [3.63, 3.8) is 0 Å². The number of primary amides is 1. The maximum Gasteiger partial charge on any atom is 0.219 e. The molecular formula is C16H23N5OS. The second-order valence-electron chi connectivity index (χ2n) is 6.55. The van der Waals surface area contributed by atoms with Crippen molar-refractivity contribution in [3.05, 3.63) is 5.82 Å². The lowest BCUT2D eigenvalue weighted by Crippen LogP contribution is -2.20. The summed E-state index contributed by atoms with van der Waals surface area (Å²) < 4.78 is 2.01. The van der Waals surface area contributed by atoms with E-state index in [-0.39, 0.29) is 17.6 Å². The van der Waals surface area contributed by atoms with Crippen molar-refractivity contribution in [1.29, 1.82) is 5.26 Å². The molecule has 6 nitrogen and oxygen atoms in total. The van der Waals surface area contributed by atoms with Gasteiger partial charge in [-0.15, -0.1) is 10.2 Å². The van der Waals surface area contributed by atoms with E-state index in [2.05, 4.69) is 16.3 Å². The molecule has 1 atom stereocenters. The number of rotatable bonds is 7. The Bertz CT molecular complexity index is 598. The van der Waals surface area contributed by atoms with E-state index in [0.717, 1.165) is 36.7 Å². The van der Waals surface area contributed by atoms with Crippen LogP contribution in [0.3, 0.4) is 0 Å². The molecule has 2 N–H and O–H groups in total. The fourth-order valence-corrected chi connectivity index (χ4v) is 4.39. The molecule has 7 heteroatoms. The first-order chi connectivity index (χ1) is 11.2. The minimum Gasteiger partial charge on any atom is -0.370 e. The number of nitriles is 1. The zero-order valence-electron chi connectivity index (χ0n) is 13.3. The number of carbonyl (C=O) groups is 1. The van der Waals surface area contributed by atoms with Crippen molar-refractivity contribution < 1.29 is 4.79 Å². The molecule has 0 spiro atoms. The van der Waals surface area contributed by atoms with E-state index >= 15 is 0 Å². The smallest absolute Gasteiger partial charge is 0.219 e. The number of thioether (sulfide) groups is 1. The fraction of sp³-hybridized carbons (Fsp3) is 0.750. The van der Waals surface area contributed by atoms with Gasteiger partial charge >= 0.3 is 0 Å². The van der Waals surface area contributed by atoms with Gasteiger partial charge in [0, 0.05) is 18.9 Å². The van der Waals surface area contributed by atoms with Gasteiger partial charge in [-0.2, -0.15) is 5.26 Å². The third-order valence-electron chi connectivity index (χ3n) is 4.71. The largest absolute Gasteiger partial charge is 0.370 e. The van der Waals surface area contributed by atoms with Gasteiger partial charge in [-0.05, 0) is 31.6 Å². The molecule has 1 amide bonds. The molecule has 3 rings (SSSR count). The maximum atomic E-state index is 11.1. The molecule has 2 saturated carbocycles. The van der Waals surface area contributed by atoms with Gasteiger partial charge in [-0.1, -0.05) is 31.0 Å². The van der Waals surface area contributed by atoms with Crippen LogP contribution in [0.4, 0.5) is 0 Å². The van der Waals surface area contributed by atoms with Crippen LogP contribution >= 0.6 is 11.8 Å². The number of amides is 1. The van der Waals surface area contributed by atoms with Crippen LogP contribution in [-0.2, 0) is 11.3 Å². The zero-order chi connectivity index (χ0) is 16.2. The summed E-state index contributed by atoms with van der Waals surface area (Å²) >= 11 is 1.52. The topological polar surface area (TPSA) is 97.6 Å². The average molecular weight is 333 g/mol. The Morgan fingerprint density at radius 1 is 1.30 bits per heavy atom. The molecule has 23 heavy (non-hydrogen) atoms. The minimum atomic E-state index is -0.319. The molecule has 2 aliphatic rings. The monoisotopic (exact) mass is 333 g/mol. The highest BCUT2D eigenvalue weighted by Crippen LogP contribution is 2.41. The summed E-state index contributed by atoms with van der Waals surface area (Å²) in [5.74, 6) is 1.53. The Kier molecular flexibility index (Phi) is 5.21. The summed E-state index contributed by atoms with van der Waals surface area (Å²) in [6.07, 6.45) is 8.49. The van der Waals surface area contributed by atoms with Crippen molar-refractivity contribution in [3.8, 4) is 6.07 Å². The van der Waals surface area contributed by atoms with Crippen molar-refractivity contribution in [2.24, 2.45) is 11.7 Å². The van der Waals surface area contributed by atoms with E-state index in [1.807, 2.05) is 4.57 Å². The van der Waals surface area contributed by atoms with Crippen molar-refractivity contribution in [1.82, 2.24) is 14.8 Å².